The van der Waals surface area contributed by atoms with E-state index in [9.17, 15) is 9.59 Å². The van der Waals surface area contributed by atoms with Crippen LogP contribution in [0.15, 0.2) is 18.2 Å². The van der Waals surface area contributed by atoms with E-state index in [1.54, 1.807) is 30.0 Å². The Bertz CT molecular complexity index is 490. The number of rotatable bonds is 3. The third-order valence-electron chi connectivity index (χ3n) is 2.78. The highest BCUT2D eigenvalue weighted by atomic mass is 32.2. The number of carbonyl (C=O) groups excluding carboxylic acids is 2. The highest BCUT2D eigenvalue weighted by molar-refractivity contribution is 7.98. The number of benzene rings is 1. The average Bonchev–Trinajstić information content (AvgIpc) is 2.46. The summed E-state index contributed by atoms with van der Waals surface area (Å²) in [5.74, 6) is 0.374. The van der Waals surface area contributed by atoms with Gasteiger partial charge in [-0.3, -0.25) is 9.59 Å². The second-order valence-corrected chi connectivity index (χ2v) is 5.09. The molecule has 0 aromatic heterocycles. The van der Waals surface area contributed by atoms with Gasteiger partial charge in [-0.2, -0.15) is 11.8 Å². The van der Waals surface area contributed by atoms with E-state index in [1.165, 1.54) is 0 Å². The standard InChI is InChI=1S/C12H15N3O2S/c1-18-5-4-10-12(17)14-9-3-2-7(13)6-8(9)11(16)15-10/h2-3,6,10H,4-5,13H2,1H3,(H,14,17)(H,15,16). The lowest BCUT2D eigenvalue weighted by Crippen LogP contribution is -2.41. The van der Waals surface area contributed by atoms with E-state index >= 15 is 0 Å². The van der Waals surface area contributed by atoms with Crippen molar-refractivity contribution in [3.8, 4) is 0 Å². The Kier molecular flexibility index (Phi) is 3.76. The molecule has 0 spiro atoms. The Hall–Kier alpha value is -1.69. The minimum Gasteiger partial charge on any atom is -0.399 e. The smallest absolute Gasteiger partial charge is 0.254 e. The van der Waals surface area contributed by atoms with Crippen molar-refractivity contribution in [1.29, 1.82) is 0 Å². The van der Waals surface area contributed by atoms with Gasteiger partial charge in [0, 0.05) is 5.69 Å². The summed E-state index contributed by atoms with van der Waals surface area (Å²) in [6, 6.07) is 4.40. The molecule has 1 aliphatic heterocycles. The second kappa shape index (κ2) is 5.30. The summed E-state index contributed by atoms with van der Waals surface area (Å²) in [6.45, 7) is 0. The fourth-order valence-corrected chi connectivity index (χ4v) is 2.29. The first-order valence-electron chi connectivity index (χ1n) is 5.62. The molecule has 1 heterocycles. The number of fused-ring (bicyclic) bond motifs is 1. The number of hydrogen-bond acceptors (Lipinski definition) is 4. The number of nitrogens with two attached hydrogens (primary N) is 1. The van der Waals surface area contributed by atoms with Crippen LogP contribution in [0.1, 0.15) is 16.8 Å². The van der Waals surface area contributed by atoms with Crippen molar-refractivity contribution < 1.29 is 9.59 Å². The highest BCUT2D eigenvalue weighted by Crippen LogP contribution is 2.22. The third kappa shape index (κ3) is 2.59. The van der Waals surface area contributed by atoms with Crippen LogP contribution in [-0.4, -0.2) is 29.9 Å². The van der Waals surface area contributed by atoms with E-state index in [2.05, 4.69) is 10.6 Å². The van der Waals surface area contributed by atoms with Crippen LogP contribution < -0.4 is 16.4 Å². The first kappa shape index (κ1) is 12.8. The highest BCUT2D eigenvalue weighted by Gasteiger charge is 2.27. The van der Waals surface area contributed by atoms with E-state index in [1.807, 2.05) is 6.26 Å². The number of carbonyl (C=O) groups is 2. The minimum atomic E-state index is -0.487. The van der Waals surface area contributed by atoms with Gasteiger partial charge >= 0.3 is 0 Å². The number of hydrogen-bond donors (Lipinski definition) is 3. The van der Waals surface area contributed by atoms with E-state index in [0.29, 0.717) is 23.4 Å². The Labute approximate surface area is 110 Å². The molecule has 4 N–H and O–H groups in total. The van der Waals surface area contributed by atoms with Crippen molar-refractivity contribution in [2.45, 2.75) is 12.5 Å². The summed E-state index contributed by atoms with van der Waals surface area (Å²) in [5, 5.41) is 5.48. The molecule has 2 amide bonds. The van der Waals surface area contributed by atoms with Crippen molar-refractivity contribution >= 4 is 35.0 Å². The predicted octanol–water partition coefficient (Wildman–Crippen LogP) is 1.07. The Morgan fingerprint density at radius 1 is 1.39 bits per heavy atom. The number of amides is 2. The zero-order valence-corrected chi connectivity index (χ0v) is 10.8. The van der Waals surface area contributed by atoms with E-state index < -0.39 is 6.04 Å². The quantitative estimate of drug-likeness (QED) is 0.714. The molecule has 0 saturated heterocycles. The first-order chi connectivity index (χ1) is 8.61. The predicted molar refractivity (Wildman–Crippen MR) is 73.7 cm³/mol. The topological polar surface area (TPSA) is 84.2 Å². The summed E-state index contributed by atoms with van der Waals surface area (Å²) in [4.78, 5) is 24.0. The van der Waals surface area contributed by atoms with E-state index in [4.69, 9.17) is 5.73 Å². The maximum absolute atomic E-state index is 12.0. The summed E-state index contributed by atoms with van der Waals surface area (Å²) in [5.41, 5.74) is 7.07. The molecule has 6 heteroatoms. The Morgan fingerprint density at radius 3 is 2.89 bits per heavy atom. The van der Waals surface area contributed by atoms with Gasteiger partial charge in [0.1, 0.15) is 6.04 Å². The summed E-state index contributed by atoms with van der Waals surface area (Å²) >= 11 is 1.64. The fourth-order valence-electron chi connectivity index (χ4n) is 1.82. The first-order valence-corrected chi connectivity index (χ1v) is 7.01. The molecule has 2 rings (SSSR count). The SMILES string of the molecule is CSCCC1NC(=O)c2cc(N)ccc2NC1=O. The van der Waals surface area contributed by atoms with Crippen LogP contribution in [0.25, 0.3) is 0 Å². The maximum Gasteiger partial charge on any atom is 0.254 e. The molecule has 0 bridgehead atoms. The summed E-state index contributed by atoms with van der Waals surface area (Å²) in [6.07, 6.45) is 2.58. The van der Waals surface area contributed by atoms with Gasteiger partial charge in [-0.15, -0.1) is 0 Å². The van der Waals surface area contributed by atoms with Crippen molar-refractivity contribution in [3.63, 3.8) is 0 Å². The molecular weight excluding hydrogens is 250 g/mol. The largest absolute Gasteiger partial charge is 0.399 e. The lowest BCUT2D eigenvalue weighted by atomic mass is 10.1. The van der Waals surface area contributed by atoms with Gasteiger partial charge < -0.3 is 16.4 Å². The van der Waals surface area contributed by atoms with Crippen LogP contribution in [0.2, 0.25) is 0 Å². The number of thioether (sulfide) groups is 1. The van der Waals surface area contributed by atoms with Gasteiger partial charge in [0.2, 0.25) is 5.91 Å². The molecule has 1 atom stereocenters. The summed E-state index contributed by atoms with van der Waals surface area (Å²) < 4.78 is 0. The molecule has 0 aliphatic carbocycles. The van der Waals surface area contributed by atoms with Crippen molar-refractivity contribution in [3.05, 3.63) is 23.8 Å². The van der Waals surface area contributed by atoms with Gasteiger partial charge in [-0.05, 0) is 36.6 Å². The van der Waals surface area contributed by atoms with Crippen LogP contribution in [-0.2, 0) is 4.79 Å². The number of nitrogens with one attached hydrogen (secondary N) is 2. The Morgan fingerprint density at radius 2 is 2.17 bits per heavy atom. The lowest BCUT2D eigenvalue weighted by Gasteiger charge is -2.13. The molecule has 1 aliphatic rings. The van der Waals surface area contributed by atoms with E-state index in [-0.39, 0.29) is 11.8 Å². The maximum atomic E-state index is 12.0. The average molecular weight is 265 g/mol. The molecule has 18 heavy (non-hydrogen) atoms. The normalized spacial score (nSPS) is 18.6. The Balaban J connectivity index is 2.26. The number of anilines is 2. The molecule has 96 valence electrons. The monoisotopic (exact) mass is 265 g/mol. The van der Waals surface area contributed by atoms with Gasteiger partial charge in [-0.1, -0.05) is 0 Å². The molecule has 1 aromatic carbocycles. The van der Waals surface area contributed by atoms with E-state index in [0.717, 1.165) is 5.75 Å². The number of nitrogen functional groups attached to an aromatic ring is 1. The van der Waals surface area contributed by atoms with Gasteiger partial charge in [0.05, 0.1) is 11.3 Å². The van der Waals surface area contributed by atoms with Crippen LogP contribution >= 0.6 is 11.8 Å². The fraction of sp³-hybridized carbons (Fsp3) is 0.333. The lowest BCUT2D eigenvalue weighted by molar-refractivity contribution is -0.117. The molecule has 0 radical (unpaired) electrons. The molecular formula is C12H15N3O2S. The van der Waals surface area contributed by atoms with Gasteiger partial charge in [0.15, 0.2) is 0 Å². The van der Waals surface area contributed by atoms with Crippen molar-refractivity contribution in [2.75, 3.05) is 23.1 Å². The second-order valence-electron chi connectivity index (χ2n) is 4.10. The van der Waals surface area contributed by atoms with Crippen LogP contribution in [0.4, 0.5) is 11.4 Å². The van der Waals surface area contributed by atoms with Gasteiger partial charge in [0.25, 0.3) is 5.91 Å². The van der Waals surface area contributed by atoms with Gasteiger partial charge in [-0.25, -0.2) is 0 Å². The molecule has 0 fully saturated rings. The summed E-state index contributed by atoms with van der Waals surface area (Å²) in [7, 11) is 0. The molecule has 1 unspecified atom stereocenters. The van der Waals surface area contributed by atoms with Crippen molar-refractivity contribution in [2.24, 2.45) is 0 Å². The zero-order valence-electron chi connectivity index (χ0n) is 10.0. The van der Waals surface area contributed by atoms with Crippen LogP contribution in [0.3, 0.4) is 0 Å². The van der Waals surface area contributed by atoms with Crippen LogP contribution in [0.5, 0.6) is 0 Å². The molecule has 1 aromatic rings. The third-order valence-corrected chi connectivity index (χ3v) is 3.42. The van der Waals surface area contributed by atoms with Crippen LogP contribution in [0, 0.1) is 0 Å². The molecule has 5 nitrogen and oxygen atoms in total. The molecule has 0 saturated carbocycles. The minimum absolute atomic E-state index is 0.180. The zero-order chi connectivity index (χ0) is 13.1. The van der Waals surface area contributed by atoms with Crippen molar-refractivity contribution in [1.82, 2.24) is 5.32 Å².